The molecule has 78 valence electrons. The molecule has 0 atom stereocenters. The van der Waals surface area contributed by atoms with Crippen molar-refractivity contribution >= 4 is 0 Å². The van der Waals surface area contributed by atoms with Crippen LogP contribution in [0.15, 0.2) is 12.1 Å². The molecule has 0 unspecified atom stereocenters. The molecule has 0 aromatic heterocycles. The maximum absolute atomic E-state index is 9.59. The van der Waals surface area contributed by atoms with Crippen LogP contribution in [0, 0.1) is 6.92 Å². The van der Waals surface area contributed by atoms with Crippen molar-refractivity contribution in [1.82, 2.24) is 0 Å². The lowest BCUT2D eigenvalue weighted by Gasteiger charge is -2.11. The van der Waals surface area contributed by atoms with Gasteiger partial charge in [0.1, 0.15) is 5.75 Å². The van der Waals surface area contributed by atoms with Crippen LogP contribution in [0.5, 0.6) is 5.75 Å². The smallest absolute Gasteiger partial charge is 0.121 e. The van der Waals surface area contributed by atoms with Crippen molar-refractivity contribution in [3.8, 4) is 5.75 Å². The van der Waals surface area contributed by atoms with E-state index in [0.29, 0.717) is 13.2 Å². The Hall–Kier alpha value is -1.06. The zero-order valence-electron chi connectivity index (χ0n) is 8.83. The number of benzene rings is 1. The summed E-state index contributed by atoms with van der Waals surface area (Å²) in [5.74, 6) is 0.282. The van der Waals surface area contributed by atoms with Gasteiger partial charge in [-0.15, -0.1) is 0 Å². The fourth-order valence-electron chi connectivity index (χ4n) is 1.43. The second-order valence-electron chi connectivity index (χ2n) is 3.21. The molecule has 0 amide bonds. The second-order valence-corrected chi connectivity index (χ2v) is 3.21. The summed E-state index contributed by atoms with van der Waals surface area (Å²) in [6, 6.07) is 3.54. The van der Waals surface area contributed by atoms with E-state index in [2.05, 4.69) is 0 Å². The molecule has 0 fully saturated rings. The number of hydrogen-bond acceptors (Lipinski definition) is 3. The molecule has 3 nitrogen and oxygen atoms in total. The molecule has 14 heavy (non-hydrogen) atoms. The fourth-order valence-corrected chi connectivity index (χ4v) is 1.43. The number of aromatic hydroxyl groups is 1. The van der Waals surface area contributed by atoms with Gasteiger partial charge in [-0.05, 0) is 24.1 Å². The van der Waals surface area contributed by atoms with Gasteiger partial charge in [0.05, 0.1) is 13.2 Å². The van der Waals surface area contributed by atoms with Gasteiger partial charge >= 0.3 is 0 Å². The van der Waals surface area contributed by atoms with Gasteiger partial charge in [-0.1, -0.05) is 6.07 Å². The van der Waals surface area contributed by atoms with E-state index in [-0.39, 0.29) is 5.75 Å². The lowest BCUT2D eigenvalue weighted by Crippen LogP contribution is -1.98. The average molecular weight is 196 g/mol. The highest BCUT2D eigenvalue weighted by Gasteiger charge is 2.08. The van der Waals surface area contributed by atoms with E-state index in [1.807, 2.05) is 13.0 Å². The van der Waals surface area contributed by atoms with Crippen LogP contribution in [0.3, 0.4) is 0 Å². The van der Waals surface area contributed by atoms with Crippen molar-refractivity contribution in [2.75, 3.05) is 14.2 Å². The topological polar surface area (TPSA) is 38.7 Å². The largest absolute Gasteiger partial charge is 0.508 e. The van der Waals surface area contributed by atoms with E-state index in [0.717, 1.165) is 16.7 Å². The molecule has 0 bridgehead atoms. The van der Waals surface area contributed by atoms with Crippen LogP contribution in [0.4, 0.5) is 0 Å². The Morgan fingerprint density at radius 2 is 1.79 bits per heavy atom. The first-order valence-electron chi connectivity index (χ1n) is 4.49. The number of methoxy groups -OCH3 is 2. The van der Waals surface area contributed by atoms with Crippen LogP contribution in [0.2, 0.25) is 0 Å². The summed E-state index contributed by atoms with van der Waals surface area (Å²) in [5, 5.41) is 9.59. The third kappa shape index (κ3) is 2.25. The maximum atomic E-state index is 9.59. The Balaban J connectivity index is 3.05. The monoisotopic (exact) mass is 196 g/mol. The highest BCUT2D eigenvalue weighted by Crippen LogP contribution is 2.25. The minimum atomic E-state index is 0.282. The number of rotatable bonds is 4. The Bertz CT molecular complexity index is 308. The molecule has 3 heteroatoms. The van der Waals surface area contributed by atoms with Crippen molar-refractivity contribution in [3.63, 3.8) is 0 Å². The Labute approximate surface area is 84.3 Å². The maximum Gasteiger partial charge on any atom is 0.121 e. The molecule has 1 aromatic carbocycles. The molecule has 0 saturated carbocycles. The SMILES string of the molecule is COCc1ccc(O)c(COC)c1C. The van der Waals surface area contributed by atoms with Crippen molar-refractivity contribution in [1.29, 1.82) is 0 Å². The van der Waals surface area contributed by atoms with Gasteiger partial charge in [0, 0.05) is 19.8 Å². The Morgan fingerprint density at radius 1 is 1.14 bits per heavy atom. The minimum Gasteiger partial charge on any atom is -0.508 e. The first-order valence-corrected chi connectivity index (χ1v) is 4.49. The van der Waals surface area contributed by atoms with Crippen molar-refractivity contribution in [3.05, 3.63) is 28.8 Å². The molecule has 1 aromatic rings. The van der Waals surface area contributed by atoms with Crippen LogP contribution in [-0.4, -0.2) is 19.3 Å². The molecule has 0 saturated heterocycles. The molecule has 1 rings (SSSR count). The Morgan fingerprint density at radius 3 is 2.36 bits per heavy atom. The van der Waals surface area contributed by atoms with Crippen molar-refractivity contribution in [2.24, 2.45) is 0 Å². The fraction of sp³-hybridized carbons (Fsp3) is 0.455. The molecule has 0 heterocycles. The zero-order valence-corrected chi connectivity index (χ0v) is 8.83. The summed E-state index contributed by atoms with van der Waals surface area (Å²) in [4.78, 5) is 0. The van der Waals surface area contributed by atoms with Gasteiger partial charge in [-0.25, -0.2) is 0 Å². The van der Waals surface area contributed by atoms with E-state index in [1.54, 1.807) is 20.3 Å². The van der Waals surface area contributed by atoms with Crippen molar-refractivity contribution in [2.45, 2.75) is 20.1 Å². The van der Waals surface area contributed by atoms with Gasteiger partial charge in [-0.2, -0.15) is 0 Å². The van der Waals surface area contributed by atoms with E-state index < -0.39 is 0 Å². The molecule has 0 aliphatic heterocycles. The standard InChI is InChI=1S/C11H16O3/c1-8-9(6-13-2)4-5-11(12)10(8)7-14-3/h4-5,12H,6-7H2,1-3H3. The Kier molecular flexibility index (Phi) is 3.92. The van der Waals surface area contributed by atoms with E-state index in [1.165, 1.54) is 0 Å². The molecule has 0 aliphatic rings. The molecule has 0 spiro atoms. The number of hydrogen-bond donors (Lipinski definition) is 1. The summed E-state index contributed by atoms with van der Waals surface area (Å²) in [7, 11) is 3.27. The van der Waals surface area contributed by atoms with E-state index in [4.69, 9.17) is 9.47 Å². The number of phenolic OH excluding ortho intramolecular Hbond substituents is 1. The van der Waals surface area contributed by atoms with Gasteiger partial charge in [-0.3, -0.25) is 0 Å². The number of ether oxygens (including phenoxy) is 2. The van der Waals surface area contributed by atoms with Crippen molar-refractivity contribution < 1.29 is 14.6 Å². The second kappa shape index (κ2) is 4.98. The van der Waals surface area contributed by atoms with Gasteiger partial charge in [0.15, 0.2) is 0 Å². The predicted octanol–water partition coefficient (Wildman–Crippen LogP) is 1.99. The van der Waals surface area contributed by atoms with Crippen LogP contribution in [0.25, 0.3) is 0 Å². The average Bonchev–Trinajstić information content (AvgIpc) is 2.17. The van der Waals surface area contributed by atoms with Gasteiger partial charge < -0.3 is 14.6 Å². The number of phenols is 1. The minimum absolute atomic E-state index is 0.282. The summed E-state index contributed by atoms with van der Waals surface area (Å²) < 4.78 is 10.1. The molecular formula is C11H16O3. The molecule has 0 radical (unpaired) electrons. The molecule has 1 N–H and O–H groups in total. The van der Waals surface area contributed by atoms with Crippen LogP contribution in [0.1, 0.15) is 16.7 Å². The van der Waals surface area contributed by atoms with E-state index in [9.17, 15) is 5.11 Å². The first kappa shape index (κ1) is 11.0. The van der Waals surface area contributed by atoms with Crippen LogP contribution < -0.4 is 0 Å². The summed E-state index contributed by atoms with van der Waals surface area (Å²) in [6.07, 6.45) is 0. The van der Waals surface area contributed by atoms with Crippen LogP contribution in [-0.2, 0) is 22.7 Å². The van der Waals surface area contributed by atoms with Gasteiger partial charge in [0.2, 0.25) is 0 Å². The lowest BCUT2D eigenvalue weighted by atomic mass is 10.0. The van der Waals surface area contributed by atoms with Crippen LogP contribution >= 0.6 is 0 Å². The third-order valence-corrected chi connectivity index (χ3v) is 2.27. The highest BCUT2D eigenvalue weighted by molar-refractivity contribution is 5.43. The zero-order chi connectivity index (χ0) is 10.6. The normalized spacial score (nSPS) is 10.5. The molecule has 0 aliphatic carbocycles. The van der Waals surface area contributed by atoms with E-state index >= 15 is 0 Å². The third-order valence-electron chi connectivity index (χ3n) is 2.27. The summed E-state index contributed by atoms with van der Waals surface area (Å²) in [5.41, 5.74) is 2.95. The molecular weight excluding hydrogens is 180 g/mol. The summed E-state index contributed by atoms with van der Waals surface area (Å²) in [6.45, 7) is 2.94. The van der Waals surface area contributed by atoms with Gasteiger partial charge in [0.25, 0.3) is 0 Å². The lowest BCUT2D eigenvalue weighted by molar-refractivity contribution is 0.177. The predicted molar refractivity (Wildman–Crippen MR) is 54.3 cm³/mol. The quantitative estimate of drug-likeness (QED) is 0.800. The first-order chi connectivity index (χ1) is 6.70. The summed E-state index contributed by atoms with van der Waals surface area (Å²) >= 11 is 0. The highest BCUT2D eigenvalue weighted by atomic mass is 16.5.